The van der Waals surface area contributed by atoms with Gasteiger partial charge in [0.1, 0.15) is 0 Å². The number of aromatic nitrogens is 1. The summed E-state index contributed by atoms with van der Waals surface area (Å²) in [6.45, 7) is 19.3. The number of hydrogen-bond donors (Lipinski definition) is 0. The van der Waals surface area contributed by atoms with Gasteiger partial charge in [0, 0.05) is 25.0 Å². The first-order valence-electron chi connectivity index (χ1n) is 6.65. The van der Waals surface area contributed by atoms with Gasteiger partial charge in [0.15, 0.2) is 0 Å². The Morgan fingerprint density at radius 2 is 2.00 bits per heavy atom. The zero-order valence-electron chi connectivity index (χ0n) is 12.9. The van der Waals surface area contributed by atoms with E-state index in [4.69, 9.17) is 0 Å². The molecular weight excluding hydrogens is 248 g/mol. The summed E-state index contributed by atoms with van der Waals surface area (Å²) >= 11 is 0. The van der Waals surface area contributed by atoms with Crippen LogP contribution in [0.3, 0.4) is 0 Å². The normalized spacial score (nSPS) is 9.00. The summed E-state index contributed by atoms with van der Waals surface area (Å²) in [5.74, 6) is -0.0702. The Morgan fingerprint density at radius 1 is 1.40 bits per heavy atom. The van der Waals surface area contributed by atoms with Crippen molar-refractivity contribution in [1.29, 1.82) is 0 Å². The Labute approximate surface area is 122 Å². The predicted molar refractivity (Wildman–Crippen MR) is 85.0 cm³/mol. The van der Waals surface area contributed by atoms with Crippen LogP contribution in [0.15, 0.2) is 55.5 Å². The molecule has 0 radical (unpaired) electrons. The largest absolute Gasteiger partial charge is 0.308 e. The van der Waals surface area contributed by atoms with Crippen LogP contribution in [0, 0.1) is 6.92 Å². The van der Waals surface area contributed by atoms with Crippen molar-refractivity contribution in [2.75, 3.05) is 0 Å². The van der Waals surface area contributed by atoms with Gasteiger partial charge >= 0.3 is 0 Å². The van der Waals surface area contributed by atoms with Crippen LogP contribution >= 0.6 is 0 Å². The molecule has 1 aromatic heterocycles. The van der Waals surface area contributed by atoms with Crippen LogP contribution in [-0.4, -0.2) is 15.8 Å². The molecule has 0 aliphatic rings. The maximum absolute atomic E-state index is 11.7. The second-order valence-electron chi connectivity index (χ2n) is 4.08. The molecule has 0 N–H and O–H groups in total. The van der Waals surface area contributed by atoms with Gasteiger partial charge in [-0.1, -0.05) is 39.7 Å². The van der Waals surface area contributed by atoms with E-state index in [0.29, 0.717) is 17.8 Å². The second kappa shape index (κ2) is 8.86. The highest BCUT2D eigenvalue weighted by atomic mass is 16.2. The lowest BCUT2D eigenvalue weighted by atomic mass is 10.1. The first-order chi connectivity index (χ1) is 9.47. The summed E-state index contributed by atoms with van der Waals surface area (Å²) in [6.07, 6.45) is 5.09. The molecule has 1 rings (SSSR count). The van der Waals surface area contributed by atoms with E-state index >= 15 is 0 Å². The van der Waals surface area contributed by atoms with Crippen LogP contribution in [0.25, 0.3) is 0 Å². The Hall–Kier alpha value is -2.16. The van der Waals surface area contributed by atoms with Gasteiger partial charge < -0.3 is 4.90 Å². The molecule has 1 amide bonds. The van der Waals surface area contributed by atoms with Crippen LogP contribution in [0.4, 0.5) is 0 Å². The topological polar surface area (TPSA) is 33.2 Å². The molecular formula is C17H24N2O. The third kappa shape index (κ3) is 4.84. The monoisotopic (exact) mass is 272 g/mol. The molecule has 0 saturated carbocycles. The van der Waals surface area contributed by atoms with E-state index in [1.807, 2.05) is 26.8 Å². The SMILES string of the molecule is C=CC(=C)C(=C)N(Cc1ccncc1C)C(C)=O.CC. The van der Waals surface area contributed by atoms with Crippen LogP contribution < -0.4 is 0 Å². The second-order valence-corrected chi connectivity index (χ2v) is 4.08. The average Bonchev–Trinajstić information content (AvgIpc) is 2.46. The fourth-order valence-corrected chi connectivity index (χ4v) is 1.54. The number of aryl methyl sites for hydroxylation is 1. The standard InChI is InChI=1S/C15H18N2O.C2H6/c1-6-11(2)13(4)17(14(5)18)10-15-7-8-16-9-12(15)3;1-2/h6-9H,1-2,4,10H2,3,5H3;1-2H3. The van der Waals surface area contributed by atoms with Gasteiger partial charge in [0.25, 0.3) is 0 Å². The number of carbonyl (C=O) groups is 1. The Kier molecular flexibility index (Phi) is 7.90. The Balaban J connectivity index is 0.00000172. The van der Waals surface area contributed by atoms with Gasteiger partial charge in [-0.15, -0.1) is 0 Å². The van der Waals surface area contributed by atoms with E-state index in [2.05, 4.69) is 24.7 Å². The third-order valence-electron chi connectivity index (χ3n) is 2.79. The molecule has 0 aromatic carbocycles. The van der Waals surface area contributed by atoms with Gasteiger partial charge in [0.2, 0.25) is 5.91 Å². The van der Waals surface area contributed by atoms with Gasteiger partial charge in [-0.3, -0.25) is 9.78 Å². The molecule has 0 aliphatic heterocycles. The molecule has 0 aliphatic carbocycles. The van der Waals surface area contributed by atoms with Gasteiger partial charge in [-0.05, 0) is 29.7 Å². The quantitative estimate of drug-likeness (QED) is 0.758. The molecule has 0 fully saturated rings. The molecule has 108 valence electrons. The average molecular weight is 272 g/mol. The van der Waals surface area contributed by atoms with Crippen molar-refractivity contribution in [3.63, 3.8) is 0 Å². The number of carbonyl (C=O) groups excluding carboxylic acids is 1. The van der Waals surface area contributed by atoms with Crippen molar-refractivity contribution in [2.24, 2.45) is 0 Å². The molecule has 3 heteroatoms. The fourth-order valence-electron chi connectivity index (χ4n) is 1.54. The smallest absolute Gasteiger partial charge is 0.224 e. The minimum Gasteiger partial charge on any atom is -0.308 e. The summed E-state index contributed by atoms with van der Waals surface area (Å²) < 4.78 is 0. The lowest BCUT2D eigenvalue weighted by Gasteiger charge is -2.24. The number of amides is 1. The van der Waals surface area contributed by atoms with E-state index < -0.39 is 0 Å². The number of rotatable bonds is 5. The first-order valence-corrected chi connectivity index (χ1v) is 6.65. The lowest BCUT2D eigenvalue weighted by Crippen LogP contribution is -2.27. The maximum atomic E-state index is 11.7. The third-order valence-corrected chi connectivity index (χ3v) is 2.79. The summed E-state index contributed by atoms with van der Waals surface area (Å²) in [5, 5.41) is 0. The number of hydrogen-bond acceptors (Lipinski definition) is 2. The highest BCUT2D eigenvalue weighted by molar-refractivity contribution is 5.76. The minimum atomic E-state index is -0.0702. The van der Waals surface area contributed by atoms with Crippen molar-refractivity contribution < 1.29 is 4.79 Å². The van der Waals surface area contributed by atoms with Crippen molar-refractivity contribution in [3.8, 4) is 0 Å². The highest BCUT2D eigenvalue weighted by Crippen LogP contribution is 2.18. The van der Waals surface area contributed by atoms with Gasteiger partial charge in [-0.25, -0.2) is 0 Å². The van der Waals surface area contributed by atoms with E-state index in [1.165, 1.54) is 6.92 Å². The van der Waals surface area contributed by atoms with Crippen LogP contribution in [-0.2, 0) is 11.3 Å². The van der Waals surface area contributed by atoms with E-state index in [1.54, 1.807) is 23.4 Å². The van der Waals surface area contributed by atoms with Crippen molar-refractivity contribution >= 4 is 5.91 Å². The van der Waals surface area contributed by atoms with Crippen molar-refractivity contribution in [2.45, 2.75) is 34.2 Å². The molecule has 1 aromatic rings. The molecule has 3 nitrogen and oxygen atoms in total. The lowest BCUT2D eigenvalue weighted by molar-refractivity contribution is -0.127. The summed E-state index contributed by atoms with van der Waals surface area (Å²) in [7, 11) is 0. The van der Waals surface area contributed by atoms with E-state index in [9.17, 15) is 4.79 Å². The number of allylic oxidation sites excluding steroid dienone is 1. The minimum absolute atomic E-state index is 0.0702. The van der Waals surface area contributed by atoms with Crippen LogP contribution in [0.2, 0.25) is 0 Å². The molecule has 0 saturated heterocycles. The van der Waals surface area contributed by atoms with Gasteiger partial charge in [0.05, 0.1) is 6.54 Å². The molecule has 0 spiro atoms. The molecule has 20 heavy (non-hydrogen) atoms. The highest BCUT2D eigenvalue weighted by Gasteiger charge is 2.15. The zero-order chi connectivity index (χ0) is 15.7. The number of pyridine rings is 1. The molecule has 0 unspecified atom stereocenters. The van der Waals surface area contributed by atoms with Crippen LogP contribution in [0.5, 0.6) is 0 Å². The number of nitrogens with zero attached hydrogens (tertiary/aromatic N) is 2. The van der Waals surface area contributed by atoms with Gasteiger partial charge in [-0.2, -0.15) is 0 Å². The predicted octanol–water partition coefficient (Wildman–Crippen LogP) is 4.02. The Bertz CT molecular complexity index is 503. The summed E-state index contributed by atoms with van der Waals surface area (Å²) in [4.78, 5) is 17.3. The first kappa shape index (κ1) is 17.8. The molecule has 0 bridgehead atoms. The summed E-state index contributed by atoms with van der Waals surface area (Å²) in [6, 6.07) is 1.90. The van der Waals surface area contributed by atoms with Crippen LogP contribution in [0.1, 0.15) is 31.9 Å². The Morgan fingerprint density at radius 3 is 2.45 bits per heavy atom. The zero-order valence-corrected chi connectivity index (χ0v) is 12.9. The maximum Gasteiger partial charge on any atom is 0.224 e. The van der Waals surface area contributed by atoms with Crippen molar-refractivity contribution in [3.05, 3.63) is 66.7 Å². The van der Waals surface area contributed by atoms with E-state index in [-0.39, 0.29) is 5.91 Å². The van der Waals surface area contributed by atoms with Crippen molar-refractivity contribution in [1.82, 2.24) is 9.88 Å². The molecule has 0 atom stereocenters. The van der Waals surface area contributed by atoms with E-state index in [0.717, 1.165) is 11.1 Å². The fraction of sp³-hybridized carbons (Fsp3) is 0.294. The summed E-state index contributed by atoms with van der Waals surface area (Å²) in [5.41, 5.74) is 3.31. The molecule has 1 heterocycles.